The van der Waals surface area contributed by atoms with Gasteiger partial charge in [-0.25, -0.2) is 4.39 Å². The molecule has 0 spiro atoms. The number of Topliss-reactive ketones (excluding diaryl/α,β-unsaturated/α-hetero) is 1. The predicted molar refractivity (Wildman–Crippen MR) is 66.6 cm³/mol. The molecule has 0 aliphatic rings. The van der Waals surface area contributed by atoms with Gasteiger partial charge in [0.15, 0.2) is 5.78 Å². The summed E-state index contributed by atoms with van der Waals surface area (Å²) in [6.45, 7) is 3.37. The van der Waals surface area contributed by atoms with Crippen LogP contribution in [0.3, 0.4) is 0 Å². The smallest absolute Gasteiger partial charge is 0.162 e. The minimum atomic E-state index is -0.463. The Bertz CT molecular complexity index is 573. The molecule has 0 bridgehead atoms. The second-order valence-corrected chi connectivity index (χ2v) is 4.07. The molecule has 0 saturated heterocycles. The Hall–Kier alpha value is -1.96. The van der Waals surface area contributed by atoms with Gasteiger partial charge in [-0.05, 0) is 42.7 Å². The van der Waals surface area contributed by atoms with Crippen molar-refractivity contribution >= 4 is 5.78 Å². The normalized spacial score (nSPS) is 10.3. The Morgan fingerprint density at radius 2 is 1.82 bits per heavy atom. The summed E-state index contributed by atoms with van der Waals surface area (Å²) >= 11 is 0. The van der Waals surface area contributed by atoms with Crippen LogP contribution >= 0.6 is 0 Å². The molecule has 86 valence electrons. The summed E-state index contributed by atoms with van der Waals surface area (Å²) in [5.74, 6) is -0.715. The number of aryl methyl sites for hydroxylation is 1. The fourth-order valence-electron chi connectivity index (χ4n) is 1.86. The Labute approximate surface area is 99.9 Å². The highest BCUT2D eigenvalue weighted by molar-refractivity contribution is 5.95. The van der Waals surface area contributed by atoms with Crippen molar-refractivity contribution in [2.45, 2.75) is 13.8 Å². The highest BCUT2D eigenvalue weighted by atomic mass is 19.1. The second-order valence-electron chi connectivity index (χ2n) is 4.07. The van der Waals surface area contributed by atoms with E-state index in [9.17, 15) is 9.18 Å². The quantitative estimate of drug-likeness (QED) is 0.710. The molecule has 0 aromatic heterocycles. The summed E-state index contributed by atoms with van der Waals surface area (Å²) in [6.07, 6.45) is 0. The highest BCUT2D eigenvalue weighted by Gasteiger charge is 2.09. The third-order valence-electron chi connectivity index (χ3n) is 2.80. The number of benzene rings is 2. The lowest BCUT2D eigenvalue weighted by atomic mass is 9.98. The fraction of sp³-hybridized carbons (Fsp3) is 0.133. The van der Waals surface area contributed by atoms with E-state index in [1.807, 2.05) is 31.2 Å². The topological polar surface area (TPSA) is 17.1 Å². The largest absolute Gasteiger partial charge is 0.294 e. The van der Waals surface area contributed by atoms with Crippen LogP contribution in [0.2, 0.25) is 0 Å². The molecule has 0 heterocycles. The number of hydrogen-bond acceptors (Lipinski definition) is 1. The summed E-state index contributed by atoms with van der Waals surface area (Å²) < 4.78 is 13.4. The first-order chi connectivity index (χ1) is 8.09. The minimum Gasteiger partial charge on any atom is -0.294 e. The van der Waals surface area contributed by atoms with Crippen LogP contribution < -0.4 is 0 Å². The second kappa shape index (κ2) is 4.50. The van der Waals surface area contributed by atoms with Gasteiger partial charge in [-0.15, -0.1) is 0 Å². The number of rotatable bonds is 2. The van der Waals surface area contributed by atoms with Gasteiger partial charge in [-0.1, -0.05) is 30.3 Å². The molecule has 1 nitrogen and oxygen atoms in total. The first-order valence-electron chi connectivity index (χ1n) is 5.46. The standard InChI is InChI=1S/C15H13FO/c1-10-5-3-4-6-13(10)12-7-8-15(16)14(9-12)11(2)17/h3-9H,1-2H3. The van der Waals surface area contributed by atoms with Gasteiger partial charge in [0.2, 0.25) is 0 Å². The van der Waals surface area contributed by atoms with Gasteiger partial charge in [-0.3, -0.25) is 4.79 Å². The molecule has 17 heavy (non-hydrogen) atoms. The zero-order valence-corrected chi connectivity index (χ0v) is 9.83. The lowest BCUT2D eigenvalue weighted by molar-refractivity contribution is 0.101. The Morgan fingerprint density at radius 3 is 2.47 bits per heavy atom. The van der Waals surface area contributed by atoms with Crippen molar-refractivity contribution in [1.29, 1.82) is 0 Å². The van der Waals surface area contributed by atoms with Gasteiger partial charge in [0.05, 0.1) is 5.56 Å². The molecule has 0 amide bonds. The molecule has 0 aliphatic carbocycles. The van der Waals surface area contributed by atoms with Crippen molar-refractivity contribution in [3.05, 3.63) is 59.4 Å². The molecule has 0 unspecified atom stereocenters. The van der Waals surface area contributed by atoms with E-state index in [4.69, 9.17) is 0 Å². The molecular weight excluding hydrogens is 215 g/mol. The molecule has 2 aromatic carbocycles. The maximum atomic E-state index is 13.4. The van der Waals surface area contributed by atoms with E-state index in [1.165, 1.54) is 13.0 Å². The van der Waals surface area contributed by atoms with E-state index in [0.717, 1.165) is 16.7 Å². The van der Waals surface area contributed by atoms with Crippen LogP contribution in [-0.2, 0) is 0 Å². The first kappa shape index (κ1) is 11.5. The summed E-state index contributed by atoms with van der Waals surface area (Å²) in [5, 5.41) is 0. The van der Waals surface area contributed by atoms with Gasteiger partial charge in [0.1, 0.15) is 5.82 Å². The molecule has 0 fully saturated rings. The van der Waals surface area contributed by atoms with Gasteiger partial charge < -0.3 is 0 Å². The van der Waals surface area contributed by atoms with E-state index in [0.29, 0.717) is 0 Å². The number of ketones is 1. The van der Waals surface area contributed by atoms with Crippen molar-refractivity contribution in [1.82, 2.24) is 0 Å². The van der Waals surface area contributed by atoms with E-state index in [-0.39, 0.29) is 11.3 Å². The Morgan fingerprint density at radius 1 is 1.12 bits per heavy atom. The highest BCUT2D eigenvalue weighted by Crippen LogP contribution is 2.25. The van der Waals surface area contributed by atoms with Crippen molar-refractivity contribution < 1.29 is 9.18 Å². The van der Waals surface area contributed by atoms with Crippen LogP contribution in [0.4, 0.5) is 4.39 Å². The summed E-state index contributed by atoms with van der Waals surface area (Å²) in [7, 11) is 0. The SMILES string of the molecule is CC(=O)c1cc(-c2ccccc2C)ccc1F. The minimum absolute atomic E-state index is 0.144. The average molecular weight is 228 g/mol. The number of hydrogen-bond donors (Lipinski definition) is 0. The lowest BCUT2D eigenvalue weighted by Gasteiger charge is -2.07. The third kappa shape index (κ3) is 2.26. The van der Waals surface area contributed by atoms with Gasteiger partial charge >= 0.3 is 0 Å². The van der Waals surface area contributed by atoms with E-state index in [2.05, 4.69) is 0 Å². The summed E-state index contributed by atoms with van der Waals surface area (Å²) in [4.78, 5) is 11.3. The number of carbonyl (C=O) groups excluding carboxylic acids is 1. The van der Waals surface area contributed by atoms with E-state index >= 15 is 0 Å². The van der Waals surface area contributed by atoms with Crippen LogP contribution in [0.25, 0.3) is 11.1 Å². The molecule has 2 rings (SSSR count). The average Bonchev–Trinajstić information content (AvgIpc) is 2.30. The molecule has 0 radical (unpaired) electrons. The summed E-state index contributed by atoms with van der Waals surface area (Å²) in [5.41, 5.74) is 3.14. The van der Waals surface area contributed by atoms with Crippen molar-refractivity contribution in [2.75, 3.05) is 0 Å². The Balaban J connectivity index is 2.58. The summed E-state index contributed by atoms with van der Waals surface area (Å²) in [6, 6.07) is 12.5. The molecule has 2 aromatic rings. The number of carbonyl (C=O) groups is 1. The maximum Gasteiger partial charge on any atom is 0.162 e. The van der Waals surface area contributed by atoms with Crippen LogP contribution in [0.15, 0.2) is 42.5 Å². The molecule has 2 heteroatoms. The maximum absolute atomic E-state index is 13.4. The van der Waals surface area contributed by atoms with Gasteiger partial charge in [-0.2, -0.15) is 0 Å². The van der Waals surface area contributed by atoms with Crippen molar-refractivity contribution in [3.8, 4) is 11.1 Å². The van der Waals surface area contributed by atoms with Crippen LogP contribution in [0, 0.1) is 12.7 Å². The third-order valence-corrected chi connectivity index (χ3v) is 2.80. The monoisotopic (exact) mass is 228 g/mol. The molecular formula is C15H13FO. The lowest BCUT2D eigenvalue weighted by Crippen LogP contribution is -1.97. The van der Waals surface area contributed by atoms with Crippen LogP contribution in [0.1, 0.15) is 22.8 Å². The zero-order valence-electron chi connectivity index (χ0n) is 9.83. The number of halogens is 1. The fourth-order valence-corrected chi connectivity index (χ4v) is 1.86. The molecule has 0 saturated carbocycles. The van der Waals surface area contributed by atoms with Crippen LogP contribution in [-0.4, -0.2) is 5.78 Å². The van der Waals surface area contributed by atoms with Crippen molar-refractivity contribution in [3.63, 3.8) is 0 Å². The molecule has 0 aliphatic heterocycles. The van der Waals surface area contributed by atoms with E-state index in [1.54, 1.807) is 12.1 Å². The van der Waals surface area contributed by atoms with E-state index < -0.39 is 5.82 Å². The molecule has 0 atom stereocenters. The molecule has 0 N–H and O–H groups in total. The van der Waals surface area contributed by atoms with Crippen molar-refractivity contribution in [2.24, 2.45) is 0 Å². The zero-order chi connectivity index (χ0) is 12.4. The Kier molecular flexibility index (Phi) is 3.05. The van der Waals surface area contributed by atoms with Gasteiger partial charge in [0.25, 0.3) is 0 Å². The van der Waals surface area contributed by atoms with Gasteiger partial charge in [0, 0.05) is 0 Å². The van der Waals surface area contributed by atoms with Crippen LogP contribution in [0.5, 0.6) is 0 Å². The predicted octanol–water partition coefficient (Wildman–Crippen LogP) is 4.00. The first-order valence-corrected chi connectivity index (χ1v) is 5.46.